The lowest BCUT2D eigenvalue weighted by atomic mass is 9.87. The van der Waals surface area contributed by atoms with Crippen molar-refractivity contribution in [2.45, 2.75) is 19.8 Å². The van der Waals surface area contributed by atoms with Gasteiger partial charge in [-0.1, -0.05) is 84.9 Å². The summed E-state index contributed by atoms with van der Waals surface area (Å²) in [4.78, 5) is 14.6. The van der Waals surface area contributed by atoms with Gasteiger partial charge in [-0.15, -0.1) is 0 Å². The molecule has 0 radical (unpaired) electrons. The number of benzene rings is 3. The second-order valence-electron chi connectivity index (χ2n) is 7.30. The Balaban J connectivity index is 1.72. The summed E-state index contributed by atoms with van der Waals surface area (Å²) in [6.45, 7) is 2.18. The van der Waals surface area contributed by atoms with Gasteiger partial charge < -0.3 is 0 Å². The molecular formula is C26H21N3. The predicted octanol–water partition coefficient (Wildman–Crippen LogP) is 5.89. The van der Waals surface area contributed by atoms with Crippen molar-refractivity contribution in [3.63, 3.8) is 0 Å². The smallest absolute Gasteiger partial charge is 0.164 e. The summed E-state index contributed by atoms with van der Waals surface area (Å²) in [6.07, 6.45) is 4.33. The molecule has 140 valence electrons. The van der Waals surface area contributed by atoms with Crippen molar-refractivity contribution in [1.82, 2.24) is 15.0 Å². The zero-order valence-electron chi connectivity index (χ0n) is 16.3. The lowest BCUT2D eigenvalue weighted by molar-refractivity contribution is 0.949. The van der Waals surface area contributed by atoms with Crippen molar-refractivity contribution in [3.8, 4) is 22.8 Å². The molecule has 1 aliphatic carbocycles. The average molecular weight is 375 g/mol. The number of hydrogen-bond acceptors (Lipinski definition) is 3. The fourth-order valence-electron chi connectivity index (χ4n) is 3.90. The topological polar surface area (TPSA) is 38.7 Å². The van der Waals surface area contributed by atoms with E-state index in [1.807, 2.05) is 60.7 Å². The van der Waals surface area contributed by atoms with Crippen LogP contribution in [0.25, 0.3) is 28.3 Å². The SMILES string of the molecule is Cc1cccc2c1CCC=C2c1nc(-c2ccccc2)nc(-c2ccccc2)n1. The molecule has 1 heterocycles. The first kappa shape index (κ1) is 17.5. The van der Waals surface area contributed by atoms with Crippen LogP contribution in [0.1, 0.15) is 28.9 Å². The highest BCUT2D eigenvalue weighted by Gasteiger charge is 2.20. The minimum Gasteiger partial charge on any atom is -0.208 e. The molecule has 3 aromatic carbocycles. The van der Waals surface area contributed by atoms with E-state index in [1.54, 1.807) is 0 Å². The molecule has 1 aliphatic rings. The van der Waals surface area contributed by atoms with Crippen molar-refractivity contribution >= 4 is 5.57 Å². The third-order valence-corrected chi connectivity index (χ3v) is 5.38. The summed E-state index contributed by atoms with van der Waals surface area (Å²) >= 11 is 0. The van der Waals surface area contributed by atoms with Crippen LogP contribution in [0.5, 0.6) is 0 Å². The molecule has 0 saturated heterocycles. The molecule has 5 rings (SSSR count). The molecule has 3 heteroatoms. The Morgan fingerprint density at radius 3 is 1.83 bits per heavy atom. The van der Waals surface area contributed by atoms with Crippen LogP contribution in [-0.4, -0.2) is 15.0 Å². The molecule has 0 aliphatic heterocycles. The predicted molar refractivity (Wildman–Crippen MR) is 117 cm³/mol. The van der Waals surface area contributed by atoms with E-state index in [0.29, 0.717) is 11.6 Å². The molecule has 0 saturated carbocycles. The van der Waals surface area contributed by atoms with Gasteiger partial charge in [-0.3, -0.25) is 0 Å². The second kappa shape index (κ2) is 7.44. The first-order valence-electron chi connectivity index (χ1n) is 9.96. The highest BCUT2D eigenvalue weighted by atomic mass is 15.0. The molecule has 0 fully saturated rings. The summed E-state index contributed by atoms with van der Waals surface area (Å²) in [5.41, 5.74) is 7.05. The third kappa shape index (κ3) is 3.36. The van der Waals surface area contributed by atoms with Crippen LogP contribution in [0, 0.1) is 6.92 Å². The maximum Gasteiger partial charge on any atom is 0.164 e. The van der Waals surface area contributed by atoms with Crippen molar-refractivity contribution in [3.05, 3.63) is 107 Å². The van der Waals surface area contributed by atoms with E-state index in [-0.39, 0.29) is 0 Å². The van der Waals surface area contributed by atoms with E-state index in [9.17, 15) is 0 Å². The van der Waals surface area contributed by atoms with Crippen LogP contribution in [-0.2, 0) is 6.42 Å². The van der Waals surface area contributed by atoms with Gasteiger partial charge in [0.1, 0.15) is 0 Å². The summed E-state index contributed by atoms with van der Waals surface area (Å²) in [6, 6.07) is 26.7. The van der Waals surface area contributed by atoms with E-state index in [0.717, 1.165) is 35.4 Å². The number of aryl methyl sites for hydroxylation is 1. The van der Waals surface area contributed by atoms with Crippen LogP contribution in [0.4, 0.5) is 0 Å². The van der Waals surface area contributed by atoms with Crippen LogP contribution >= 0.6 is 0 Å². The van der Waals surface area contributed by atoms with Crippen LogP contribution in [0.3, 0.4) is 0 Å². The molecule has 3 nitrogen and oxygen atoms in total. The normalized spacial score (nSPS) is 12.9. The molecule has 0 atom stereocenters. The van der Waals surface area contributed by atoms with Crippen LogP contribution in [0.2, 0.25) is 0 Å². The molecule has 0 amide bonds. The number of fused-ring (bicyclic) bond motifs is 1. The monoisotopic (exact) mass is 375 g/mol. The number of aromatic nitrogens is 3. The summed E-state index contributed by atoms with van der Waals surface area (Å²) in [7, 11) is 0. The molecule has 0 spiro atoms. The number of allylic oxidation sites excluding steroid dienone is 1. The van der Waals surface area contributed by atoms with E-state index >= 15 is 0 Å². The minimum atomic E-state index is 0.704. The number of rotatable bonds is 3. The molecule has 0 unspecified atom stereocenters. The number of hydrogen-bond donors (Lipinski definition) is 0. The Morgan fingerprint density at radius 2 is 1.21 bits per heavy atom. The van der Waals surface area contributed by atoms with E-state index in [2.05, 4.69) is 31.2 Å². The lowest BCUT2D eigenvalue weighted by Gasteiger charge is -2.19. The summed E-state index contributed by atoms with van der Waals surface area (Å²) < 4.78 is 0. The Hall–Kier alpha value is -3.59. The van der Waals surface area contributed by atoms with Gasteiger partial charge in [-0.25, -0.2) is 15.0 Å². The standard InChI is InChI=1S/C26H21N3/c1-18-10-8-16-22-21(18)15-9-17-23(22)26-28-24(19-11-4-2-5-12-19)27-25(29-26)20-13-6-3-7-14-20/h2-8,10-14,16-17H,9,15H2,1H3. The fraction of sp³-hybridized carbons (Fsp3) is 0.115. The van der Waals surface area contributed by atoms with Crippen LogP contribution < -0.4 is 0 Å². The van der Waals surface area contributed by atoms with E-state index in [1.165, 1.54) is 16.7 Å². The molecule has 0 bridgehead atoms. The molecule has 4 aromatic rings. The second-order valence-corrected chi connectivity index (χ2v) is 7.30. The highest BCUT2D eigenvalue weighted by molar-refractivity contribution is 5.81. The Labute approximate surface area is 170 Å². The van der Waals surface area contributed by atoms with Gasteiger partial charge in [0.2, 0.25) is 0 Å². The van der Waals surface area contributed by atoms with E-state index < -0.39 is 0 Å². The lowest BCUT2D eigenvalue weighted by Crippen LogP contribution is -2.08. The largest absolute Gasteiger partial charge is 0.208 e. The zero-order chi connectivity index (χ0) is 19.6. The first-order chi connectivity index (χ1) is 14.3. The van der Waals surface area contributed by atoms with Crippen molar-refractivity contribution in [1.29, 1.82) is 0 Å². The quantitative estimate of drug-likeness (QED) is 0.448. The molecule has 29 heavy (non-hydrogen) atoms. The van der Waals surface area contributed by atoms with Gasteiger partial charge in [0.05, 0.1) is 0 Å². The van der Waals surface area contributed by atoms with Gasteiger partial charge in [-0.05, 0) is 36.5 Å². The summed E-state index contributed by atoms with van der Waals surface area (Å²) in [5, 5.41) is 0. The Bertz CT molecular complexity index is 1140. The van der Waals surface area contributed by atoms with Crippen molar-refractivity contribution in [2.75, 3.05) is 0 Å². The molecule has 1 aromatic heterocycles. The van der Waals surface area contributed by atoms with E-state index in [4.69, 9.17) is 15.0 Å². The van der Waals surface area contributed by atoms with Gasteiger partial charge in [0.15, 0.2) is 17.5 Å². The first-order valence-corrected chi connectivity index (χ1v) is 9.96. The molecular weight excluding hydrogens is 354 g/mol. The van der Waals surface area contributed by atoms with Gasteiger partial charge in [0, 0.05) is 16.7 Å². The minimum absolute atomic E-state index is 0.704. The number of nitrogens with zero attached hydrogens (tertiary/aromatic N) is 3. The highest BCUT2D eigenvalue weighted by Crippen LogP contribution is 2.33. The van der Waals surface area contributed by atoms with Crippen molar-refractivity contribution < 1.29 is 0 Å². The van der Waals surface area contributed by atoms with Gasteiger partial charge >= 0.3 is 0 Å². The maximum absolute atomic E-state index is 4.89. The summed E-state index contributed by atoms with van der Waals surface area (Å²) in [5.74, 6) is 2.15. The third-order valence-electron chi connectivity index (χ3n) is 5.38. The molecule has 0 N–H and O–H groups in total. The van der Waals surface area contributed by atoms with Crippen LogP contribution in [0.15, 0.2) is 84.9 Å². The fourth-order valence-corrected chi connectivity index (χ4v) is 3.90. The van der Waals surface area contributed by atoms with Crippen molar-refractivity contribution in [2.24, 2.45) is 0 Å². The average Bonchev–Trinajstić information content (AvgIpc) is 2.80. The zero-order valence-corrected chi connectivity index (χ0v) is 16.3. The Kier molecular flexibility index (Phi) is 4.49. The Morgan fingerprint density at radius 1 is 0.621 bits per heavy atom. The van der Waals surface area contributed by atoms with Gasteiger partial charge in [-0.2, -0.15) is 0 Å². The van der Waals surface area contributed by atoms with Gasteiger partial charge in [0.25, 0.3) is 0 Å². The maximum atomic E-state index is 4.89.